The molecule has 0 heterocycles. The lowest BCUT2D eigenvalue weighted by Crippen LogP contribution is -2.51. The normalized spacial score (nSPS) is 13.3. The van der Waals surface area contributed by atoms with E-state index in [1.54, 1.807) is 60.7 Å². The minimum Gasteiger partial charge on any atom is -0.467 e. The average molecular weight is 475 g/mol. The molecule has 0 fully saturated rings. The number of ether oxygens (including phenoxy) is 1. The number of aryl methyl sites for hydroxylation is 2. The smallest absolute Gasteiger partial charge is 0.328 e. The topological polar surface area (TPSA) is 105 Å². The van der Waals surface area contributed by atoms with Crippen molar-refractivity contribution in [1.82, 2.24) is 10.6 Å². The Balaban J connectivity index is 1.84. The fourth-order valence-corrected chi connectivity index (χ4v) is 3.94. The predicted octanol–water partition coefficient (Wildman–Crippen LogP) is 3.04. The summed E-state index contributed by atoms with van der Waals surface area (Å²) in [6, 6.07) is 21.0. The van der Waals surface area contributed by atoms with E-state index in [1.165, 1.54) is 7.11 Å². The fraction of sp³-hybridized carbons (Fsp3) is 0.250. The highest BCUT2D eigenvalue weighted by atomic mass is 16.5. The van der Waals surface area contributed by atoms with Crippen LogP contribution in [0.15, 0.2) is 78.9 Å². The molecule has 0 bridgehead atoms. The second kappa shape index (κ2) is 11.9. The van der Waals surface area contributed by atoms with Crippen molar-refractivity contribution in [1.29, 1.82) is 0 Å². The molecule has 0 aliphatic heterocycles. The first-order valence-electron chi connectivity index (χ1n) is 11.3. The van der Waals surface area contributed by atoms with Crippen molar-refractivity contribution < 1.29 is 24.2 Å². The molecule has 3 aromatic carbocycles. The van der Waals surface area contributed by atoms with Gasteiger partial charge in [0.25, 0.3) is 11.8 Å². The molecule has 35 heavy (non-hydrogen) atoms. The quantitative estimate of drug-likeness (QED) is 0.414. The minimum atomic E-state index is -1.66. The Morgan fingerprint density at radius 2 is 1.40 bits per heavy atom. The number of aliphatic hydroxyl groups is 1. The second-order valence-corrected chi connectivity index (χ2v) is 8.33. The molecule has 2 amide bonds. The van der Waals surface area contributed by atoms with Crippen molar-refractivity contribution in [3.63, 3.8) is 0 Å². The van der Waals surface area contributed by atoms with Gasteiger partial charge in [-0.15, -0.1) is 0 Å². The first-order valence-corrected chi connectivity index (χ1v) is 11.3. The third-order valence-electron chi connectivity index (χ3n) is 5.92. The van der Waals surface area contributed by atoms with E-state index in [4.69, 9.17) is 4.74 Å². The first kappa shape index (κ1) is 25.6. The number of carbonyl (C=O) groups is 3. The molecular formula is C28H30N2O5. The Labute approximate surface area is 205 Å². The summed E-state index contributed by atoms with van der Waals surface area (Å²) in [5.41, 5.74) is 3.80. The number of esters is 1. The zero-order valence-electron chi connectivity index (χ0n) is 20.0. The summed E-state index contributed by atoms with van der Waals surface area (Å²) in [5.74, 6) is -1.86. The van der Waals surface area contributed by atoms with Crippen molar-refractivity contribution in [2.24, 2.45) is 0 Å². The summed E-state index contributed by atoms with van der Waals surface area (Å²) in [6.45, 7) is 3.86. The molecule has 0 aromatic heterocycles. The van der Waals surface area contributed by atoms with Crippen LogP contribution in [0.2, 0.25) is 0 Å². The largest absolute Gasteiger partial charge is 0.467 e. The van der Waals surface area contributed by atoms with Crippen LogP contribution < -0.4 is 10.6 Å². The van der Waals surface area contributed by atoms with Gasteiger partial charge in [-0.05, 0) is 48.2 Å². The van der Waals surface area contributed by atoms with Gasteiger partial charge in [0.2, 0.25) is 0 Å². The summed E-state index contributed by atoms with van der Waals surface area (Å²) in [4.78, 5) is 38.5. The van der Waals surface area contributed by atoms with Crippen molar-refractivity contribution in [2.75, 3.05) is 7.11 Å². The molecule has 3 N–H and O–H groups in total. The maximum absolute atomic E-state index is 13.1. The molecule has 3 atom stereocenters. The van der Waals surface area contributed by atoms with Gasteiger partial charge >= 0.3 is 5.97 Å². The maximum atomic E-state index is 13.1. The number of hydrogen-bond donors (Lipinski definition) is 3. The van der Waals surface area contributed by atoms with E-state index in [2.05, 4.69) is 10.6 Å². The molecule has 0 saturated carbocycles. The van der Waals surface area contributed by atoms with Crippen molar-refractivity contribution in [3.05, 3.63) is 107 Å². The molecule has 0 aliphatic carbocycles. The third kappa shape index (κ3) is 6.55. The Morgan fingerprint density at radius 3 is 1.97 bits per heavy atom. The number of hydrogen-bond acceptors (Lipinski definition) is 5. The van der Waals surface area contributed by atoms with E-state index in [0.29, 0.717) is 11.1 Å². The fourth-order valence-electron chi connectivity index (χ4n) is 3.94. The number of rotatable bonds is 9. The van der Waals surface area contributed by atoms with Crippen LogP contribution in [-0.4, -0.2) is 42.1 Å². The number of aliphatic hydroxyl groups excluding tert-OH is 1. The second-order valence-electron chi connectivity index (χ2n) is 8.33. The number of amides is 2. The van der Waals surface area contributed by atoms with E-state index < -0.39 is 36.0 Å². The zero-order valence-corrected chi connectivity index (χ0v) is 20.0. The van der Waals surface area contributed by atoms with E-state index in [0.717, 1.165) is 16.7 Å². The van der Waals surface area contributed by atoms with Crippen LogP contribution in [0.3, 0.4) is 0 Å². The maximum Gasteiger partial charge on any atom is 0.328 e. The monoisotopic (exact) mass is 474 g/mol. The minimum absolute atomic E-state index is 0.204. The summed E-state index contributed by atoms with van der Waals surface area (Å²) < 4.78 is 4.91. The summed E-state index contributed by atoms with van der Waals surface area (Å²) in [6.07, 6.45) is -1.45. The van der Waals surface area contributed by atoms with Crippen LogP contribution in [0.5, 0.6) is 0 Å². The SMILES string of the molecule is COC(=O)[C@@H](Cc1c(C)cccc1C)NC(=O)[C@H](O)[C@@H](NC(=O)c1ccccc1)c1ccccc1. The van der Waals surface area contributed by atoms with E-state index in [9.17, 15) is 19.5 Å². The standard InChI is InChI=1S/C28H30N2O5/c1-18-11-10-12-19(2)22(18)17-23(28(34)35-3)29-27(33)25(31)24(20-13-6-4-7-14-20)30-26(32)21-15-8-5-9-16-21/h4-16,23-25,31H,17H2,1-3H3,(H,29,33)(H,30,32)/t23-,24+,25-/m1/s1. The molecule has 7 nitrogen and oxygen atoms in total. The lowest BCUT2D eigenvalue weighted by atomic mass is 9.95. The van der Waals surface area contributed by atoms with Crippen LogP contribution in [0.25, 0.3) is 0 Å². The highest BCUT2D eigenvalue weighted by Gasteiger charge is 2.33. The summed E-state index contributed by atoms with van der Waals surface area (Å²) in [7, 11) is 1.25. The molecule has 0 saturated heterocycles. The van der Waals surface area contributed by atoms with Gasteiger partial charge in [-0.25, -0.2) is 4.79 Å². The van der Waals surface area contributed by atoms with Crippen LogP contribution in [0, 0.1) is 13.8 Å². The molecule has 0 aliphatic rings. The molecule has 3 rings (SSSR count). The lowest BCUT2D eigenvalue weighted by Gasteiger charge is -2.26. The molecule has 0 radical (unpaired) electrons. The van der Waals surface area contributed by atoms with Crippen LogP contribution in [-0.2, 0) is 20.7 Å². The van der Waals surface area contributed by atoms with Gasteiger partial charge < -0.3 is 20.5 Å². The summed E-state index contributed by atoms with van der Waals surface area (Å²) in [5, 5.41) is 16.4. The van der Waals surface area contributed by atoms with Gasteiger partial charge in [-0.1, -0.05) is 66.7 Å². The first-order chi connectivity index (χ1) is 16.8. The summed E-state index contributed by atoms with van der Waals surface area (Å²) >= 11 is 0. The van der Waals surface area contributed by atoms with Gasteiger partial charge in [0.15, 0.2) is 6.10 Å². The van der Waals surface area contributed by atoms with Gasteiger partial charge in [0.1, 0.15) is 6.04 Å². The molecule has 182 valence electrons. The number of benzene rings is 3. The van der Waals surface area contributed by atoms with Crippen LogP contribution in [0.4, 0.5) is 0 Å². The van der Waals surface area contributed by atoms with E-state index in [-0.39, 0.29) is 6.42 Å². The van der Waals surface area contributed by atoms with Gasteiger partial charge in [-0.2, -0.15) is 0 Å². The molecule has 0 spiro atoms. The number of nitrogens with one attached hydrogen (secondary N) is 2. The number of methoxy groups -OCH3 is 1. The third-order valence-corrected chi connectivity index (χ3v) is 5.92. The van der Waals surface area contributed by atoms with E-state index in [1.807, 2.05) is 32.0 Å². The Kier molecular flexibility index (Phi) is 8.75. The molecular weight excluding hydrogens is 444 g/mol. The number of carbonyl (C=O) groups excluding carboxylic acids is 3. The Morgan fingerprint density at radius 1 is 0.829 bits per heavy atom. The van der Waals surface area contributed by atoms with Gasteiger partial charge in [0.05, 0.1) is 13.2 Å². The Bertz CT molecular complexity index is 1140. The van der Waals surface area contributed by atoms with Gasteiger partial charge in [0, 0.05) is 12.0 Å². The van der Waals surface area contributed by atoms with Crippen LogP contribution >= 0.6 is 0 Å². The zero-order chi connectivity index (χ0) is 25.4. The van der Waals surface area contributed by atoms with E-state index >= 15 is 0 Å². The van der Waals surface area contributed by atoms with Crippen LogP contribution in [0.1, 0.15) is 38.7 Å². The molecule has 7 heteroatoms. The molecule has 3 aromatic rings. The lowest BCUT2D eigenvalue weighted by molar-refractivity contribution is -0.146. The van der Waals surface area contributed by atoms with Gasteiger partial charge in [-0.3, -0.25) is 9.59 Å². The van der Waals surface area contributed by atoms with Crippen molar-refractivity contribution in [3.8, 4) is 0 Å². The van der Waals surface area contributed by atoms with Crippen molar-refractivity contribution >= 4 is 17.8 Å². The molecule has 0 unspecified atom stereocenters. The Hall–Kier alpha value is -3.97. The van der Waals surface area contributed by atoms with Crippen molar-refractivity contribution in [2.45, 2.75) is 38.5 Å². The highest BCUT2D eigenvalue weighted by Crippen LogP contribution is 2.20. The predicted molar refractivity (Wildman–Crippen MR) is 133 cm³/mol. The average Bonchev–Trinajstić information content (AvgIpc) is 2.88. The highest BCUT2D eigenvalue weighted by molar-refractivity contribution is 5.95.